The first kappa shape index (κ1) is 15.9. The lowest BCUT2D eigenvalue weighted by Gasteiger charge is -2.05. The molecule has 0 aliphatic carbocycles. The van der Waals surface area contributed by atoms with Gasteiger partial charge >= 0.3 is 5.97 Å². The lowest BCUT2D eigenvalue weighted by Crippen LogP contribution is -2.19. The summed E-state index contributed by atoms with van der Waals surface area (Å²) in [5, 5.41) is 0. The van der Waals surface area contributed by atoms with Crippen molar-refractivity contribution in [2.24, 2.45) is 4.40 Å². The fourth-order valence-electron chi connectivity index (χ4n) is 1.78. The van der Waals surface area contributed by atoms with Gasteiger partial charge in [0.25, 0.3) is 10.0 Å². The Hall–Kier alpha value is -2.47. The van der Waals surface area contributed by atoms with Gasteiger partial charge in [0.15, 0.2) is 5.71 Å². The summed E-state index contributed by atoms with van der Waals surface area (Å²) >= 11 is 0. The normalized spacial score (nSPS) is 12.0. The number of hydrogen-bond acceptors (Lipinski definition) is 4. The predicted octanol–water partition coefficient (Wildman–Crippen LogP) is 2.35. The van der Waals surface area contributed by atoms with E-state index in [0.29, 0.717) is 5.56 Å². The number of methoxy groups -OCH3 is 1. The van der Waals surface area contributed by atoms with E-state index in [1.807, 2.05) is 6.92 Å². The molecule has 0 heterocycles. The third kappa shape index (κ3) is 3.59. The van der Waals surface area contributed by atoms with E-state index in [1.54, 1.807) is 42.5 Å². The Balaban J connectivity index is 2.53. The molecular formula is C16H15NO4S. The smallest absolute Gasteiger partial charge is 0.358 e. The highest BCUT2D eigenvalue weighted by molar-refractivity contribution is 7.90. The van der Waals surface area contributed by atoms with Crippen molar-refractivity contribution in [1.82, 2.24) is 0 Å². The van der Waals surface area contributed by atoms with Crippen molar-refractivity contribution in [2.45, 2.75) is 11.8 Å². The van der Waals surface area contributed by atoms with Crippen molar-refractivity contribution in [3.05, 3.63) is 65.7 Å². The van der Waals surface area contributed by atoms with Crippen LogP contribution in [0.3, 0.4) is 0 Å². The monoisotopic (exact) mass is 317 g/mol. The highest BCUT2D eigenvalue weighted by Crippen LogP contribution is 2.15. The Kier molecular flexibility index (Phi) is 4.72. The first-order valence-electron chi connectivity index (χ1n) is 6.49. The molecule has 0 bridgehead atoms. The van der Waals surface area contributed by atoms with Crippen LogP contribution in [0.4, 0.5) is 0 Å². The van der Waals surface area contributed by atoms with Crippen molar-refractivity contribution in [3.63, 3.8) is 0 Å². The van der Waals surface area contributed by atoms with Gasteiger partial charge in [-0.05, 0) is 19.1 Å². The van der Waals surface area contributed by atoms with Crippen LogP contribution in [-0.2, 0) is 19.6 Å². The molecule has 0 N–H and O–H groups in total. The van der Waals surface area contributed by atoms with Gasteiger partial charge in [-0.15, -0.1) is 0 Å². The van der Waals surface area contributed by atoms with Gasteiger partial charge in [0.2, 0.25) is 0 Å². The highest BCUT2D eigenvalue weighted by Gasteiger charge is 2.20. The molecule has 0 fully saturated rings. The molecule has 0 aromatic heterocycles. The molecule has 0 unspecified atom stereocenters. The summed E-state index contributed by atoms with van der Waals surface area (Å²) in [7, 11) is -2.81. The highest BCUT2D eigenvalue weighted by atomic mass is 32.2. The molecule has 0 spiro atoms. The second kappa shape index (κ2) is 6.53. The Morgan fingerprint density at radius 3 is 2.14 bits per heavy atom. The van der Waals surface area contributed by atoms with Crippen LogP contribution in [0.15, 0.2) is 63.9 Å². The van der Waals surface area contributed by atoms with Gasteiger partial charge in [-0.3, -0.25) is 0 Å². The van der Waals surface area contributed by atoms with Gasteiger partial charge in [-0.25, -0.2) is 4.79 Å². The van der Waals surface area contributed by atoms with E-state index in [9.17, 15) is 13.2 Å². The summed E-state index contributed by atoms with van der Waals surface area (Å²) < 4.78 is 33.0. The van der Waals surface area contributed by atoms with Gasteiger partial charge in [-0.1, -0.05) is 48.0 Å². The van der Waals surface area contributed by atoms with Crippen molar-refractivity contribution in [3.8, 4) is 0 Å². The van der Waals surface area contributed by atoms with Crippen LogP contribution < -0.4 is 0 Å². The van der Waals surface area contributed by atoms with Crippen LogP contribution in [0.5, 0.6) is 0 Å². The molecule has 0 aliphatic rings. The zero-order valence-electron chi connectivity index (χ0n) is 12.2. The topological polar surface area (TPSA) is 72.8 Å². The number of ether oxygens (including phenoxy) is 1. The van der Waals surface area contributed by atoms with Crippen molar-refractivity contribution in [1.29, 1.82) is 0 Å². The summed E-state index contributed by atoms with van der Waals surface area (Å²) in [6, 6.07) is 14.6. The maximum absolute atomic E-state index is 12.4. The fraction of sp³-hybridized carbons (Fsp3) is 0.125. The van der Waals surface area contributed by atoms with Crippen molar-refractivity contribution in [2.75, 3.05) is 7.11 Å². The molecule has 0 aliphatic heterocycles. The number of nitrogens with zero attached hydrogens (tertiary/aromatic N) is 1. The van der Waals surface area contributed by atoms with Gasteiger partial charge in [-0.2, -0.15) is 12.8 Å². The van der Waals surface area contributed by atoms with Crippen LogP contribution in [-0.4, -0.2) is 27.2 Å². The van der Waals surface area contributed by atoms with E-state index in [2.05, 4.69) is 9.13 Å². The molecule has 6 heteroatoms. The molecule has 22 heavy (non-hydrogen) atoms. The number of rotatable bonds is 4. The van der Waals surface area contributed by atoms with Crippen LogP contribution in [0.1, 0.15) is 11.1 Å². The number of hydrogen-bond donors (Lipinski definition) is 0. The van der Waals surface area contributed by atoms with E-state index in [-0.39, 0.29) is 10.6 Å². The summed E-state index contributed by atoms with van der Waals surface area (Å²) in [6.45, 7) is 1.85. The lowest BCUT2D eigenvalue weighted by atomic mass is 10.1. The number of carbonyl (C=O) groups is 1. The Morgan fingerprint density at radius 2 is 1.59 bits per heavy atom. The standard InChI is InChI=1S/C16H15NO4S/c1-12-8-10-14(11-9-12)22(19,20)17-15(16(18)21-2)13-6-4-3-5-7-13/h3-11H,1-2H3/b17-15-. The summed E-state index contributed by atoms with van der Waals surface area (Å²) in [4.78, 5) is 11.9. The molecule has 114 valence electrons. The van der Waals surface area contributed by atoms with E-state index in [0.717, 1.165) is 5.56 Å². The third-order valence-electron chi connectivity index (χ3n) is 2.96. The number of sulfonamides is 1. The van der Waals surface area contributed by atoms with Gasteiger partial charge in [0, 0.05) is 5.56 Å². The summed E-state index contributed by atoms with van der Waals surface area (Å²) in [5.41, 5.74) is 1.06. The van der Waals surface area contributed by atoms with Crippen molar-refractivity contribution < 1.29 is 17.9 Å². The molecule has 2 rings (SSSR count). The van der Waals surface area contributed by atoms with Gasteiger partial charge in [0.05, 0.1) is 12.0 Å². The minimum absolute atomic E-state index is 0.0236. The molecule has 0 saturated heterocycles. The van der Waals surface area contributed by atoms with Crippen LogP contribution in [0.25, 0.3) is 0 Å². The lowest BCUT2D eigenvalue weighted by molar-refractivity contribution is -0.132. The Labute approximate surface area is 129 Å². The molecule has 5 nitrogen and oxygen atoms in total. The largest absolute Gasteiger partial charge is 0.464 e. The first-order chi connectivity index (χ1) is 10.4. The number of esters is 1. The number of aryl methyl sites for hydroxylation is 1. The minimum atomic E-state index is -3.99. The van der Waals surface area contributed by atoms with Crippen LogP contribution in [0, 0.1) is 6.92 Å². The first-order valence-corrected chi connectivity index (χ1v) is 7.93. The molecule has 0 radical (unpaired) electrons. The maximum atomic E-state index is 12.4. The number of benzene rings is 2. The zero-order valence-corrected chi connectivity index (χ0v) is 13.0. The average molecular weight is 317 g/mol. The molecule has 0 amide bonds. The second-order valence-corrected chi connectivity index (χ2v) is 6.19. The van der Waals surface area contributed by atoms with E-state index in [4.69, 9.17) is 0 Å². The zero-order chi connectivity index (χ0) is 16.2. The molecular weight excluding hydrogens is 302 g/mol. The van der Waals surface area contributed by atoms with Gasteiger partial charge < -0.3 is 4.74 Å². The molecule has 0 atom stereocenters. The van der Waals surface area contributed by atoms with E-state index >= 15 is 0 Å². The van der Waals surface area contributed by atoms with E-state index < -0.39 is 16.0 Å². The predicted molar refractivity (Wildman–Crippen MR) is 83.4 cm³/mol. The van der Waals surface area contributed by atoms with Gasteiger partial charge in [0.1, 0.15) is 0 Å². The Bertz CT molecular complexity index is 794. The molecule has 2 aromatic carbocycles. The SMILES string of the molecule is COC(=O)/C(=N\S(=O)(=O)c1ccc(C)cc1)c1ccccc1. The second-order valence-electron chi connectivity index (χ2n) is 4.59. The third-order valence-corrected chi connectivity index (χ3v) is 4.25. The molecule has 0 saturated carbocycles. The van der Waals surface area contributed by atoms with Crippen LogP contribution >= 0.6 is 0 Å². The molecule has 2 aromatic rings. The minimum Gasteiger partial charge on any atom is -0.464 e. The van der Waals surface area contributed by atoms with Crippen molar-refractivity contribution >= 4 is 21.7 Å². The quantitative estimate of drug-likeness (QED) is 0.641. The number of carbonyl (C=O) groups excluding carboxylic acids is 1. The summed E-state index contributed by atoms with van der Waals surface area (Å²) in [6.07, 6.45) is 0. The average Bonchev–Trinajstić information content (AvgIpc) is 2.53. The fourth-order valence-corrected chi connectivity index (χ4v) is 2.79. The summed E-state index contributed by atoms with van der Waals surface area (Å²) in [5.74, 6) is -0.804. The Morgan fingerprint density at radius 1 is 1.00 bits per heavy atom. The van der Waals surface area contributed by atoms with Crippen LogP contribution in [0.2, 0.25) is 0 Å². The van der Waals surface area contributed by atoms with E-state index in [1.165, 1.54) is 19.2 Å². The maximum Gasteiger partial charge on any atom is 0.358 e.